The van der Waals surface area contributed by atoms with Crippen molar-refractivity contribution >= 4 is 22.7 Å². The van der Waals surface area contributed by atoms with Crippen LogP contribution in [0.2, 0.25) is 0 Å². The van der Waals surface area contributed by atoms with Gasteiger partial charge in [-0.2, -0.15) is 10.4 Å². The number of carbonyl (C=O) groups is 2. The van der Waals surface area contributed by atoms with Gasteiger partial charge in [0, 0.05) is 24.6 Å². The summed E-state index contributed by atoms with van der Waals surface area (Å²) in [5.41, 5.74) is 0.615. The van der Waals surface area contributed by atoms with Crippen LogP contribution in [0.25, 0.3) is 27.8 Å². The molecule has 2 aliphatic rings. The maximum atomic E-state index is 14.0. The van der Waals surface area contributed by atoms with Gasteiger partial charge in [-0.05, 0) is 61.1 Å². The number of furan rings is 1. The number of nitrogens with zero attached hydrogens (tertiary/aromatic N) is 4. The number of nitrogens with one attached hydrogen (secondary N) is 1. The molecule has 0 unspecified atom stereocenters. The van der Waals surface area contributed by atoms with Crippen LogP contribution >= 0.6 is 0 Å². The SMILES string of the molecule is COc1cc(-c2ccc3cc(C(=O)NC4(C(=O)CC5(C#N)CC5)CCC(F)(F)CC4)oc3c2)ccc1-n1cncn1. The number of benzene rings is 2. The Morgan fingerprint density at radius 3 is 2.46 bits per heavy atom. The molecule has 2 heterocycles. The molecule has 11 heteroatoms. The molecule has 2 saturated carbocycles. The lowest BCUT2D eigenvalue weighted by atomic mass is 9.74. The Morgan fingerprint density at radius 1 is 1.07 bits per heavy atom. The van der Waals surface area contributed by atoms with Gasteiger partial charge in [-0.15, -0.1) is 0 Å². The molecule has 6 rings (SSSR count). The van der Waals surface area contributed by atoms with Crippen LogP contribution in [-0.2, 0) is 4.79 Å². The molecule has 2 aromatic heterocycles. The van der Waals surface area contributed by atoms with Crippen molar-refractivity contribution in [3.05, 3.63) is 60.9 Å². The van der Waals surface area contributed by atoms with Gasteiger partial charge in [-0.3, -0.25) is 9.59 Å². The molecule has 0 bridgehead atoms. The molecule has 2 fully saturated rings. The average Bonchev–Trinajstić information content (AvgIpc) is 3.34. The predicted molar refractivity (Wildman–Crippen MR) is 144 cm³/mol. The maximum absolute atomic E-state index is 14.0. The van der Waals surface area contributed by atoms with E-state index in [1.807, 2.05) is 30.3 Å². The van der Waals surface area contributed by atoms with Crippen molar-refractivity contribution in [2.24, 2.45) is 5.41 Å². The van der Waals surface area contributed by atoms with E-state index in [1.54, 1.807) is 30.3 Å². The van der Waals surface area contributed by atoms with E-state index < -0.39 is 35.6 Å². The smallest absolute Gasteiger partial charge is 0.287 e. The Kier molecular flexibility index (Phi) is 6.36. The third-order valence-electron chi connectivity index (χ3n) is 8.23. The minimum absolute atomic E-state index is 0.0258. The van der Waals surface area contributed by atoms with Crippen LogP contribution < -0.4 is 10.1 Å². The highest BCUT2D eigenvalue weighted by atomic mass is 19.3. The van der Waals surface area contributed by atoms with Crippen molar-refractivity contribution in [2.45, 2.75) is 56.4 Å². The number of nitriles is 1. The minimum Gasteiger partial charge on any atom is -0.494 e. The summed E-state index contributed by atoms with van der Waals surface area (Å²) in [5.74, 6) is -3.36. The van der Waals surface area contributed by atoms with Crippen molar-refractivity contribution in [2.75, 3.05) is 7.11 Å². The summed E-state index contributed by atoms with van der Waals surface area (Å²) in [4.78, 5) is 30.7. The largest absolute Gasteiger partial charge is 0.494 e. The molecule has 0 spiro atoms. The number of ether oxygens (including phenoxy) is 1. The van der Waals surface area contributed by atoms with Gasteiger partial charge in [0.1, 0.15) is 29.7 Å². The molecule has 9 nitrogen and oxygen atoms in total. The van der Waals surface area contributed by atoms with Crippen molar-refractivity contribution in [3.63, 3.8) is 0 Å². The number of methoxy groups -OCH3 is 1. The first kappa shape index (κ1) is 26.6. The number of hydrogen-bond donors (Lipinski definition) is 1. The van der Waals surface area contributed by atoms with Gasteiger partial charge < -0.3 is 14.5 Å². The molecule has 210 valence electrons. The fourth-order valence-corrected chi connectivity index (χ4v) is 5.45. The molecule has 0 aliphatic heterocycles. The number of Topliss-reactive ketones (excluding diaryl/α,β-unsaturated/α-hetero) is 1. The average molecular weight is 560 g/mol. The Bertz CT molecular complexity index is 1670. The summed E-state index contributed by atoms with van der Waals surface area (Å²) in [6, 6.07) is 14.9. The number of ketones is 1. The molecule has 0 saturated heterocycles. The Morgan fingerprint density at radius 2 is 1.80 bits per heavy atom. The lowest BCUT2D eigenvalue weighted by molar-refractivity contribution is -0.131. The molecule has 0 atom stereocenters. The van der Waals surface area contributed by atoms with E-state index in [1.165, 1.54) is 6.33 Å². The van der Waals surface area contributed by atoms with Crippen molar-refractivity contribution in [1.82, 2.24) is 20.1 Å². The summed E-state index contributed by atoms with van der Waals surface area (Å²) >= 11 is 0. The minimum atomic E-state index is -2.90. The second-order valence-electron chi connectivity index (χ2n) is 11.0. The fourth-order valence-electron chi connectivity index (χ4n) is 5.45. The number of carbonyl (C=O) groups excluding carboxylic acids is 2. The maximum Gasteiger partial charge on any atom is 0.287 e. The zero-order valence-corrected chi connectivity index (χ0v) is 22.3. The summed E-state index contributed by atoms with van der Waals surface area (Å²) < 4.78 is 41.1. The van der Waals surface area contributed by atoms with Gasteiger partial charge in [-0.25, -0.2) is 18.4 Å². The molecule has 1 N–H and O–H groups in total. The van der Waals surface area contributed by atoms with Gasteiger partial charge in [0.15, 0.2) is 11.5 Å². The van der Waals surface area contributed by atoms with Gasteiger partial charge in [0.25, 0.3) is 5.91 Å². The fraction of sp³-hybridized carbons (Fsp3) is 0.367. The Labute approximate surface area is 234 Å². The second-order valence-corrected chi connectivity index (χ2v) is 11.0. The van der Waals surface area contributed by atoms with Crippen LogP contribution in [-0.4, -0.2) is 45.0 Å². The van der Waals surface area contributed by atoms with Gasteiger partial charge in [0.05, 0.1) is 24.1 Å². The first-order valence-electron chi connectivity index (χ1n) is 13.4. The molecule has 2 aromatic carbocycles. The highest BCUT2D eigenvalue weighted by Gasteiger charge is 2.53. The number of halogens is 2. The summed E-state index contributed by atoms with van der Waals surface area (Å²) in [6.45, 7) is 0. The predicted octanol–water partition coefficient (Wildman–Crippen LogP) is 5.63. The quantitative estimate of drug-likeness (QED) is 0.297. The third kappa shape index (κ3) is 5.06. The normalized spacial score (nSPS) is 18.4. The number of alkyl halides is 2. The van der Waals surface area contributed by atoms with E-state index >= 15 is 0 Å². The van der Waals surface area contributed by atoms with E-state index in [-0.39, 0.29) is 30.8 Å². The van der Waals surface area contributed by atoms with Crippen LogP contribution in [0.4, 0.5) is 8.78 Å². The summed E-state index contributed by atoms with van der Waals surface area (Å²) in [7, 11) is 1.57. The number of amides is 1. The van der Waals surface area contributed by atoms with Crippen LogP contribution in [0, 0.1) is 16.7 Å². The van der Waals surface area contributed by atoms with E-state index in [4.69, 9.17) is 9.15 Å². The highest BCUT2D eigenvalue weighted by Crippen LogP contribution is 2.50. The van der Waals surface area contributed by atoms with Gasteiger partial charge in [0.2, 0.25) is 5.92 Å². The van der Waals surface area contributed by atoms with Crippen molar-refractivity contribution < 1.29 is 27.5 Å². The standard InChI is InChI=1S/C30H27F2N5O4/c1-40-24-13-20(4-5-22(24)37-18-34-17-35-37)19-2-3-21-14-25(41-23(21)12-19)27(39)36-29(8-10-30(31,32)11-9-29)26(38)15-28(16-33)6-7-28/h2-5,12-14,17-18H,6-11,15H2,1H3,(H,36,39). The lowest BCUT2D eigenvalue weighted by Gasteiger charge is -2.39. The van der Waals surface area contributed by atoms with Crippen LogP contribution in [0.3, 0.4) is 0 Å². The molecule has 41 heavy (non-hydrogen) atoms. The van der Waals surface area contributed by atoms with Crippen molar-refractivity contribution in [3.8, 4) is 28.6 Å². The van der Waals surface area contributed by atoms with Gasteiger partial charge in [-0.1, -0.05) is 18.2 Å². The van der Waals surface area contributed by atoms with E-state index in [0.717, 1.165) is 16.8 Å². The molecule has 0 radical (unpaired) electrons. The van der Waals surface area contributed by atoms with E-state index in [9.17, 15) is 23.6 Å². The highest BCUT2D eigenvalue weighted by molar-refractivity contribution is 6.01. The number of hydrogen-bond acceptors (Lipinski definition) is 7. The monoisotopic (exact) mass is 559 g/mol. The second kappa shape index (κ2) is 9.80. The molecule has 4 aromatic rings. The molecular weight excluding hydrogens is 532 g/mol. The molecule has 2 aliphatic carbocycles. The van der Waals surface area contributed by atoms with E-state index in [2.05, 4.69) is 21.5 Å². The zero-order valence-electron chi connectivity index (χ0n) is 22.3. The van der Waals surface area contributed by atoms with Crippen molar-refractivity contribution in [1.29, 1.82) is 5.26 Å². The topological polar surface area (TPSA) is 123 Å². The first-order chi connectivity index (χ1) is 19.6. The number of fused-ring (bicyclic) bond motifs is 1. The summed E-state index contributed by atoms with van der Waals surface area (Å²) in [5, 5.41) is 17.0. The van der Waals surface area contributed by atoms with E-state index in [0.29, 0.717) is 29.6 Å². The Balaban J connectivity index is 1.26. The molecular formula is C30H27F2N5O4. The number of aromatic nitrogens is 3. The molecule has 1 amide bonds. The first-order valence-corrected chi connectivity index (χ1v) is 13.4. The number of rotatable bonds is 8. The zero-order chi connectivity index (χ0) is 28.8. The lowest BCUT2D eigenvalue weighted by Crippen LogP contribution is -2.58. The van der Waals surface area contributed by atoms with Crippen LogP contribution in [0.5, 0.6) is 5.75 Å². The Hall–Kier alpha value is -4.59. The van der Waals surface area contributed by atoms with Crippen LogP contribution in [0.1, 0.15) is 55.5 Å². The summed E-state index contributed by atoms with van der Waals surface area (Å²) in [6.07, 6.45) is 2.73. The third-order valence-corrected chi connectivity index (χ3v) is 8.23. The van der Waals surface area contributed by atoms with Crippen LogP contribution in [0.15, 0.2) is 59.5 Å². The van der Waals surface area contributed by atoms with Gasteiger partial charge >= 0.3 is 0 Å².